The van der Waals surface area contributed by atoms with Crippen LogP contribution in [-0.4, -0.2) is 11.2 Å². The van der Waals surface area contributed by atoms with Crippen LogP contribution in [0.3, 0.4) is 0 Å². The van der Waals surface area contributed by atoms with E-state index >= 15 is 0 Å². The fraction of sp³-hybridized carbons (Fsp3) is 0.750. The molecule has 0 heterocycles. The van der Waals surface area contributed by atoms with E-state index in [0.717, 1.165) is 24.8 Å². The molecule has 1 heteroatoms. The Morgan fingerprint density at radius 3 is 2.46 bits per heavy atom. The van der Waals surface area contributed by atoms with Gasteiger partial charge in [0.25, 0.3) is 0 Å². The van der Waals surface area contributed by atoms with E-state index in [4.69, 9.17) is 0 Å². The van der Waals surface area contributed by atoms with E-state index < -0.39 is 0 Å². The average molecular weight is 182 g/mol. The molecule has 0 aromatic carbocycles. The van der Waals surface area contributed by atoms with E-state index in [1.165, 1.54) is 19.3 Å². The molecule has 0 aromatic rings. The molecule has 0 saturated carbocycles. The zero-order valence-corrected chi connectivity index (χ0v) is 8.97. The molecule has 0 unspecified atom stereocenters. The zero-order valence-electron chi connectivity index (χ0n) is 8.97. The summed E-state index contributed by atoms with van der Waals surface area (Å²) >= 11 is 0. The smallest absolute Gasteiger partial charge is 0.0823 e. The van der Waals surface area contributed by atoms with Crippen molar-refractivity contribution in [2.45, 2.75) is 58.5 Å². The van der Waals surface area contributed by atoms with Gasteiger partial charge in [0.15, 0.2) is 0 Å². The summed E-state index contributed by atoms with van der Waals surface area (Å²) in [6.07, 6.45) is 6.27. The highest BCUT2D eigenvalue weighted by Gasteiger charge is 2.07. The maximum absolute atomic E-state index is 9.67. The predicted molar refractivity (Wildman–Crippen MR) is 57.7 cm³/mol. The van der Waals surface area contributed by atoms with Crippen molar-refractivity contribution in [3.63, 3.8) is 0 Å². The molecule has 0 aliphatic heterocycles. The van der Waals surface area contributed by atoms with E-state index in [9.17, 15) is 5.11 Å². The molecule has 0 fully saturated rings. The van der Waals surface area contributed by atoms with Crippen molar-refractivity contribution in [2.24, 2.45) is 0 Å². The summed E-state index contributed by atoms with van der Waals surface area (Å²) in [4.78, 5) is 0. The van der Waals surface area contributed by atoms with Crippen molar-refractivity contribution in [1.82, 2.24) is 0 Å². The molecule has 0 amide bonds. The highest BCUT2D eigenvalue weighted by Crippen LogP contribution is 2.13. The molecule has 0 saturated heterocycles. The van der Waals surface area contributed by atoms with Crippen LogP contribution < -0.4 is 0 Å². The van der Waals surface area contributed by atoms with E-state index in [2.05, 4.69) is 19.2 Å². The van der Waals surface area contributed by atoms with Gasteiger partial charge in [0.2, 0.25) is 0 Å². The molecule has 1 N–H and O–H groups in total. The van der Waals surface area contributed by atoms with Gasteiger partial charge in [0, 0.05) is 0 Å². The van der Waals surface area contributed by atoms with Gasteiger partial charge in [-0.25, -0.2) is 0 Å². The van der Waals surface area contributed by atoms with E-state index in [1.54, 1.807) is 0 Å². The van der Waals surface area contributed by atoms with Gasteiger partial charge in [0.1, 0.15) is 0 Å². The SMILES string of the molecule is C=C=C(CC)[C@H](O)CCCCCC. The lowest BCUT2D eigenvalue weighted by molar-refractivity contribution is 0.193. The Kier molecular flexibility index (Phi) is 7.77. The van der Waals surface area contributed by atoms with Gasteiger partial charge in [0.05, 0.1) is 6.10 Å². The molecule has 0 spiro atoms. The standard InChI is InChI=1S/C12H22O/c1-4-7-8-9-10-12(13)11(5-2)6-3/h12-13H,2,4,6-10H2,1,3H3/t12-/m1/s1. The second-order valence-electron chi connectivity index (χ2n) is 3.42. The summed E-state index contributed by atoms with van der Waals surface area (Å²) in [7, 11) is 0. The van der Waals surface area contributed by atoms with Crippen molar-refractivity contribution in [3.8, 4) is 0 Å². The summed E-state index contributed by atoms with van der Waals surface area (Å²) in [5.74, 6) is 0. The van der Waals surface area contributed by atoms with E-state index in [-0.39, 0.29) is 6.10 Å². The van der Waals surface area contributed by atoms with Crippen LogP contribution in [0.5, 0.6) is 0 Å². The third-order valence-corrected chi connectivity index (χ3v) is 2.34. The summed E-state index contributed by atoms with van der Waals surface area (Å²) in [5.41, 5.74) is 3.76. The number of aliphatic hydroxyl groups excluding tert-OH is 1. The first-order valence-electron chi connectivity index (χ1n) is 5.33. The monoisotopic (exact) mass is 182 g/mol. The van der Waals surface area contributed by atoms with Crippen LogP contribution >= 0.6 is 0 Å². The lowest BCUT2D eigenvalue weighted by atomic mass is 10.0. The normalized spacial score (nSPS) is 12.2. The summed E-state index contributed by atoms with van der Waals surface area (Å²) in [6.45, 7) is 7.80. The minimum atomic E-state index is -0.306. The van der Waals surface area contributed by atoms with E-state index in [1.807, 2.05) is 6.92 Å². The third-order valence-electron chi connectivity index (χ3n) is 2.34. The number of unbranched alkanes of at least 4 members (excludes halogenated alkanes) is 3. The second kappa shape index (κ2) is 8.10. The molecule has 13 heavy (non-hydrogen) atoms. The van der Waals surface area contributed by atoms with Crippen LogP contribution in [0.4, 0.5) is 0 Å². The Balaban J connectivity index is 3.61. The third kappa shape index (κ3) is 5.68. The number of rotatable bonds is 7. The van der Waals surface area contributed by atoms with Gasteiger partial charge in [-0.2, -0.15) is 0 Å². The van der Waals surface area contributed by atoms with Gasteiger partial charge < -0.3 is 5.11 Å². The van der Waals surface area contributed by atoms with Gasteiger partial charge in [-0.1, -0.05) is 46.1 Å². The second-order valence-corrected chi connectivity index (χ2v) is 3.42. The lowest BCUT2D eigenvalue weighted by Crippen LogP contribution is -2.08. The molecule has 0 aromatic heterocycles. The van der Waals surface area contributed by atoms with Crippen LogP contribution in [0.25, 0.3) is 0 Å². The highest BCUT2D eigenvalue weighted by atomic mass is 16.3. The first-order chi connectivity index (χ1) is 6.26. The minimum Gasteiger partial charge on any atom is -0.388 e. The zero-order chi connectivity index (χ0) is 10.1. The number of hydrogen-bond donors (Lipinski definition) is 1. The summed E-state index contributed by atoms with van der Waals surface area (Å²) in [6, 6.07) is 0. The van der Waals surface area contributed by atoms with Crippen molar-refractivity contribution in [2.75, 3.05) is 0 Å². The maximum Gasteiger partial charge on any atom is 0.0823 e. The average Bonchev–Trinajstić information content (AvgIpc) is 2.14. The summed E-state index contributed by atoms with van der Waals surface area (Å²) < 4.78 is 0. The predicted octanol–water partition coefficient (Wildman–Crippen LogP) is 3.44. The van der Waals surface area contributed by atoms with Crippen LogP contribution in [0.1, 0.15) is 52.4 Å². The number of aliphatic hydroxyl groups is 1. The van der Waals surface area contributed by atoms with Gasteiger partial charge in [-0.15, -0.1) is 5.73 Å². The molecule has 0 radical (unpaired) electrons. The molecule has 0 bridgehead atoms. The fourth-order valence-corrected chi connectivity index (χ4v) is 1.42. The maximum atomic E-state index is 9.67. The van der Waals surface area contributed by atoms with Crippen LogP contribution in [-0.2, 0) is 0 Å². The molecule has 1 nitrogen and oxygen atoms in total. The van der Waals surface area contributed by atoms with E-state index in [0.29, 0.717) is 0 Å². The Morgan fingerprint density at radius 1 is 1.31 bits per heavy atom. The lowest BCUT2D eigenvalue weighted by Gasteiger charge is -2.10. The first-order valence-corrected chi connectivity index (χ1v) is 5.33. The molecular formula is C12H22O. The topological polar surface area (TPSA) is 20.2 Å². The molecule has 0 rings (SSSR count). The Bertz CT molecular complexity index is 166. The molecule has 0 aliphatic rings. The molecule has 76 valence electrons. The summed E-state index contributed by atoms with van der Waals surface area (Å²) in [5, 5.41) is 9.67. The first kappa shape index (κ1) is 12.5. The molecular weight excluding hydrogens is 160 g/mol. The van der Waals surface area contributed by atoms with Crippen molar-refractivity contribution in [1.29, 1.82) is 0 Å². The van der Waals surface area contributed by atoms with Crippen LogP contribution in [0, 0.1) is 0 Å². The Labute approximate surface area is 82.2 Å². The minimum absolute atomic E-state index is 0.306. The quantitative estimate of drug-likeness (QED) is 0.472. The van der Waals surface area contributed by atoms with Gasteiger partial charge in [-0.05, 0) is 18.4 Å². The van der Waals surface area contributed by atoms with Crippen molar-refractivity contribution >= 4 is 0 Å². The van der Waals surface area contributed by atoms with Crippen molar-refractivity contribution in [3.05, 3.63) is 17.9 Å². The van der Waals surface area contributed by atoms with Crippen LogP contribution in [0.15, 0.2) is 17.9 Å². The Hall–Kier alpha value is -0.520. The number of hydrogen-bond acceptors (Lipinski definition) is 1. The largest absolute Gasteiger partial charge is 0.388 e. The Morgan fingerprint density at radius 2 is 2.00 bits per heavy atom. The highest BCUT2D eigenvalue weighted by molar-refractivity contribution is 5.04. The fourth-order valence-electron chi connectivity index (χ4n) is 1.42. The van der Waals surface area contributed by atoms with Gasteiger partial charge >= 0.3 is 0 Å². The molecule has 0 aliphatic carbocycles. The van der Waals surface area contributed by atoms with Crippen molar-refractivity contribution < 1.29 is 5.11 Å². The van der Waals surface area contributed by atoms with Gasteiger partial charge in [-0.3, -0.25) is 0 Å². The van der Waals surface area contributed by atoms with Crippen LogP contribution in [0.2, 0.25) is 0 Å². The molecule has 1 atom stereocenters.